The summed E-state index contributed by atoms with van der Waals surface area (Å²) in [6.07, 6.45) is 0.749. The van der Waals surface area contributed by atoms with Gasteiger partial charge >= 0.3 is 0 Å². The Morgan fingerprint density at radius 3 is 2.80 bits per heavy atom. The number of amides is 1. The van der Waals surface area contributed by atoms with Crippen LogP contribution >= 0.6 is 22.9 Å². The summed E-state index contributed by atoms with van der Waals surface area (Å²) in [6.45, 7) is 0.543. The Morgan fingerprint density at radius 1 is 1.40 bits per heavy atom. The lowest BCUT2D eigenvalue weighted by Crippen LogP contribution is -2.26. The monoisotopic (exact) mass is 310 g/mol. The highest BCUT2D eigenvalue weighted by Crippen LogP contribution is 2.22. The van der Waals surface area contributed by atoms with E-state index in [1.54, 1.807) is 25.3 Å². The van der Waals surface area contributed by atoms with E-state index in [0.29, 0.717) is 23.5 Å². The van der Waals surface area contributed by atoms with Gasteiger partial charge in [-0.15, -0.1) is 11.3 Å². The molecular weight excluding hydrogens is 296 g/mol. The van der Waals surface area contributed by atoms with Crippen LogP contribution in [0.3, 0.4) is 0 Å². The van der Waals surface area contributed by atoms with Gasteiger partial charge in [-0.2, -0.15) is 0 Å². The number of ether oxygens (including phenoxy) is 1. The van der Waals surface area contributed by atoms with E-state index < -0.39 is 0 Å². The molecule has 0 aliphatic rings. The standard InChI is InChI=1S/C14H15ClN2O2S/c1-19-9-2-4-11(12(16)8-9)14(18)17-7-6-10-3-5-13(15)20-10/h2-5,8H,6-7,16H2,1H3,(H,17,18). The number of benzene rings is 1. The normalized spacial score (nSPS) is 10.3. The zero-order valence-corrected chi connectivity index (χ0v) is 12.6. The van der Waals surface area contributed by atoms with E-state index >= 15 is 0 Å². The number of thiophene rings is 1. The smallest absolute Gasteiger partial charge is 0.253 e. The molecule has 0 saturated heterocycles. The number of nitrogens with two attached hydrogens (primary N) is 1. The van der Waals surface area contributed by atoms with E-state index in [2.05, 4.69) is 5.32 Å². The second-order valence-corrected chi connectivity index (χ2v) is 5.96. The largest absolute Gasteiger partial charge is 0.497 e. The number of halogens is 1. The zero-order chi connectivity index (χ0) is 14.5. The van der Waals surface area contributed by atoms with Crippen LogP contribution in [0.1, 0.15) is 15.2 Å². The lowest BCUT2D eigenvalue weighted by Gasteiger charge is -2.08. The lowest BCUT2D eigenvalue weighted by molar-refractivity contribution is 0.0955. The highest BCUT2D eigenvalue weighted by atomic mass is 35.5. The van der Waals surface area contributed by atoms with Crippen molar-refractivity contribution in [1.82, 2.24) is 5.32 Å². The molecule has 106 valence electrons. The highest BCUT2D eigenvalue weighted by molar-refractivity contribution is 7.16. The van der Waals surface area contributed by atoms with Crippen molar-refractivity contribution in [3.63, 3.8) is 0 Å². The molecule has 20 heavy (non-hydrogen) atoms. The van der Waals surface area contributed by atoms with Gasteiger partial charge in [-0.3, -0.25) is 4.79 Å². The van der Waals surface area contributed by atoms with Crippen molar-refractivity contribution in [1.29, 1.82) is 0 Å². The first-order valence-electron chi connectivity index (χ1n) is 6.06. The van der Waals surface area contributed by atoms with Crippen molar-refractivity contribution in [2.45, 2.75) is 6.42 Å². The number of hydrogen-bond acceptors (Lipinski definition) is 4. The van der Waals surface area contributed by atoms with Crippen molar-refractivity contribution in [3.05, 3.63) is 45.1 Å². The van der Waals surface area contributed by atoms with Crippen molar-refractivity contribution in [2.24, 2.45) is 0 Å². The Balaban J connectivity index is 1.91. The van der Waals surface area contributed by atoms with Gasteiger partial charge < -0.3 is 15.8 Å². The highest BCUT2D eigenvalue weighted by Gasteiger charge is 2.10. The molecule has 0 bridgehead atoms. The van der Waals surface area contributed by atoms with Crippen LogP contribution in [0, 0.1) is 0 Å². The van der Waals surface area contributed by atoms with Gasteiger partial charge in [0.05, 0.1) is 17.0 Å². The maximum absolute atomic E-state index is 12.0. The third-order valence-electron chi connectivity index (χ3n) is 2.79. The first kappa shape index (κ1) is 14.7. The number of hydrogen-bond donors (Lipinski definition) is 2. The van der Waals surface area contributed by atoms with Crippen LogP contribution in [0.15, 0.2) is 30.3 Å². The van der Waals surface area contributed by atoms with Gasteiger partial charge in [0.25, 0.3) is 5.91 Å². The Hall–Kier alpha value is -1.72. The number of carbonyl (C=O) groups excluding carboxylic acids is 1. The minimum absolute atomic E-state index is 0.187. The molecule has 0 aliphatic heterocycles. The van der Waals surface area contributed by atoms with Crippen molar-refractivity contribution < 1.29 is 9.53 Å². The molecule has 6 heteroatoms. The molecule has 1 heterocycles. The summed E-state index contributed by atoms with van der Waals surface area (Å²) < 4.78 is 5.80. The molecule has 0 aliphatic carbocycles. The minimum atomic E-state index is -0.187. The van der Waals surface area contributed by atoms with E-state index in [0.717, 1.165) is 15.6 Å². The maximum Gasteiger partial charge on any atom is 0.253 e. The van der Waals surface area contributed by atoms with E-state index in [1.165, 1.54) is 11.3 Å². The summed E-state index contributed by atoms with van der Waals surface area (Å²) in [5.41, 5.74) is 6.69. The molecule has 4 nitrogen and oxygen atoms in total. The van der Waals surface area contributed by atoms with Crippen LogP contribution in [-0.4, -0.2) is 19.6 Å². The second kappa shape index (κ2) is 6.63. The summed E-state index contributed by atoms with van der Waals surface area (Å²) >= 11 is 7.37. The fourth-order valence-corrected chi connectivity index (χ4v) is 2.84. The molecule has 2 rings (SSSR count). The summed E-state index contributed by atoms with van der Waals surface area (Å²) in [7, 11) is 1.56. The van der Waals surface area contributed by atoms with Crippen LogP contribution < -0.4 is 15.8 Å². The van der Waals surface area contributed by atoms with E-state index in [-0.39, 0.29) is 5.91 Å². The van der Waals surface area contributed by atoms with Gasteiger partial charge in [-0.1, -0.05) is 11.6 Å². The van der Waals surface area contributed by atoms with Gasteiger partial charge in [0.2, 0.25) is 0 Å². The quantitative estimate of drug-likeness (QED) is 0.835. The van der Waals surface area contributed by atoms with Gasteiger partial charge in [0, 0.05) is 23.2 Å². The topological polar surface area (TPSA) is 64.3 Å². The molecule has 0 saturated carbocycles. The van der Waals surface area contributed by atoms with E-state index in [1.807, 2.05) is 12.1 Å². The average molecular weight is 311 g/mol. The Bertz CT molecular complexity index is 613. The van der Waals surface area contributed by atoms with Crippen LogP contribution in [0.4, 0.5) is 5.69 Å². The first-order chi connectivity index (χ1) is 9.60. The van der Waals surface area contributed by atoms with Crippen molar-refractivity contribution in [3.8, 4) is 5.75 Å². The SMILES string of the molecule is COc1ccc(C(=O)NCCc2ccc(Cl)s2)c(N)c1. The van der Waals surface area contributed by atoms with Crippen LogP contribution in [-0.2, 0) is 6.42 Å². The van der Waals surface area contributed by atoms with Gasteiger partial charge in [0.1, 0.15) is 5.75 Å². The Kier molecular flexibility index (Phi) is 4.87. The fraction of sp³-hybridized carbons (Fsp3) is 0.214. The molecule has 0 radical (unpaired) electrons. The molecule has 1 amide bonds. The van der Waals surface area contributed by atoms with Crippen molar-refractivity contribution >= 4 is 34.5 Å². The van der Waals surface area contributed by atoms with Gasteiger partial charge in [0.15, 0.2) is 0 Å². The molecule has 3 N–H and O–H groups in total. The molecule has 0 atom stereocenters. The molecular formula is C14H15ClN2O2S. The van der Waals surface area contributed by atoms with E-state index in [9.17, 15) is 4.79 Å². The molecule has 2 aromatic rings. The lowest BCUT2D eigenvalue weighted by atomic mass is 10.1. The Morgan fingerprint density at radius 2 is 2.20 bits per heavy atom. The summed E-state index contributed by atoms with van der Waals surface area (Å²) in [6, 6.07) is 8.81. The number of nitrogens with one attached hydrogen (secondary N) is 1. The minimum Gasteiger partial charge on any atom is -0.497 e. The van der Waals surface area contributed by atoms with Crippen LogP contribution in [0.5, 0.6) is 5.75 Å². The third kappa shape index (κ3) is 3.65. The first-order valence-corrected chi connectivity index (χ1v) is 7.25. The summed E-state index contributed by atoms with van der Waals surface area (Å²) in [5.74, 6) is 0.445. The van der Waals surface area contributed by atoms with Crippen LogP contribution in [0.2, 0.25) is 4.34 Å². The molecule has 1 aromatic heterocycles. The molecule has 0 fully saturated rings. The number of rotatable bonds is 5. The Labute approximate surface area is 126 Å². The van der Waals surface area contributed by atoms with Gasteiger partial charge in [-0.05, 0) is 30.7 Å². The number of nitrogen functional groups attached to an aromatic ring is 1. The zero-order valence-electron chi connectivity index (χ0n) is 11.0. The second-order valence-electron chi connectivity index (χ2n) is 4.16. The predicted octanol–water partition coefficient (Wildman–Crippen LogP) is 2.96. The molecule has 0 spiro atoms. The summed E-state index contributed by atoms with van der Waals surface area (Å²) in [5, 5.41) is 2.84. The maximum atomic E-state index is 12.0. The predicted molar refractivity (Wildman–Crippen MR) is 82.8 cm³/mol. The molecule has 0 unspecified atom stereocenters. The number of methoxy groups -OCH3 is 1. The third-order valence-corrected chi connectivity index (χ3v) is 4.08. The summed E-state index contributed by atoms with van der Waals surface area (Å²) in [4.78, 5) is 13.1. The van der Waals surface area contributed by atoms with E-state index in [4.69, 9.17) is 22.1 Å². The number of anilines is 1. The fourth-order valence-electron chi connectivity index (χ4n) is 1.76. The van der Waals surface area contributed by atoms with Crippen LogP contribution in [0.25, 0.3) is 0 Å². The number of carbonyl (C=O) groups is 1. The molecule has 1 aromatic carbocycles. The average Bonchev–Trinajstić information content (AvgIpc) is 2.84. The van der Waals surface area contributed by atoms with Gasteiger partial charge in [-0.25, -0.2) is 0 Å². The van der Waals surface area contributed by atoms with Crippen molar-refractivity contribution in [2.75, 3.05) is 19.4 Å².